The van der Waals surface area contributed by atoms with E-state index < -0.39 is 0 Å². The van der Waals surface area contributed by atoms with E-state index in [1.165, 1.54) is 31.2 Å². The van der Waals surface area contributed by atoms with E-state index >= 15 is 0 Å². The first-order chi connectivity index (χ1) is 8.16. The highest BCUT2D eigenvalue weighted by molar-refractivity contribution is 5.26. The topological polar surface area (TPSA) is 38.0 Å². The number of hydrazine groups is 1. The highest BCUT2D eigenvalue weighted by Crippen LogP contribution is 2.37. The van der Waals surface area contributed by atoms with Gasteiger partial charge in [-0.3, -0.25) is 11.3 Å². The first kappa shape index (κ1) is 12.6. The van der Waals surface area contributed by atoms with E-state index in [0.717, 1.165) is 5.92 Å². The third-order valence-corrected chi connectivity index (χ3v) is 4.35. The van der Waals surface area contributed by atoms with Crippen molar-refractivity contribution < 1.29 is 0 Å². The summed E-state index contributed by atoms with van der Waals surface area (Å²) < 4.78 is 0. The van der Waals surface area contributed by atoms with Crippen molar-refractivity contribution in [3.63, 3.8) is 0 Å². The minimum absolute atomic E-state index is 0.0883. The Morgan fingerprint density at radius 1 is 1.18 bits per heavy atom. The molecule has 1 aromatic carbocycles. The Bertz CT molecular complexity index is 339. The number of benzene rings is 1. The zero-order valence-corrected chi connectivity index (χ0v) is 10.9. The van der Waals surface area contributed by atoms with Gasteiger partial charge in [0.15, 0.2) is 0 Å². The maximum absolute atomic E-state index is 5.83. The summed E-state index contributed by atoms with van der Waals surface area (Å²) in [6.45, 7) is 4.59. The first-order valence-electron chi connectivity index (χ1n) is 6.68. The number of nitrogens with two attached hydrogens (primary N) is 1. The fourth-order valence-corrected chi connectivity index (χ4v) is 3.27. The second kappa shape index (κ2) is 5.19. The highest BCUT2D eigenvalue weighted by atomic mass is 15.2. The van der Waals surface area contributed by atoms with Gasteiger partial charge in [0.2, 0.25) is 0 Å². The fraction of sp³-hybridized carbons (Fsp3) is 0.600. The third kappa shape index (κ3) is 2.53. The minimum atomic E-state index is 0.0883. The van der Waals surface area contributed by atoms with E-state index in [1.54, 1.807) is 0 Å². The molecule has 0 radical (unpaired) electrons. The van der Waals surface area contributed by atoms with Crippen LogP contribution in [0.2, 0.25) is 0 Å². The van der Waals surface area contributed by atoms with Crippen LogP contribution in [0.1, 0.15) is 45.1 Å². The SMILES string of the molecule is CC(C)(c1ccccc1)C(NN)C1CCCC1. The molecule has 1 fully saturated rings. The molecule has 3 N–H and O–H groups in total. The fourth-order valence-electron chi connectivity index (χ4n) is 3.27. The van der Waals surface area contributed by atoms with Crippen molar-refractivity contribution in [2.75, 3.05) is 0 Å². The van der Waals surface area contributed by atoms with Crippen LogP contribution in [0.25, 0.3) is 0 Å². The average molecular weight is 232 g/mol. The molecule has 0 aliphatic heterocycles. The van der Waals surface area contributed by atoms with Crippen molar-refractivity contribution in [1.29, 1.82) is 0 Å². The van der Waals surface area contributed by atoms with E-state index in [1.807, 2.05) is 0 Å². The summed E-state index contributed by atoms with van der Waals surface area (Å²) in [4.78, 5) is 0. The van der Waals surface area contributed by atoms with Crippen LogP contribution >= 0.6 is 0 Å². The van der Waals surface area contributed by atoms with Gasteiger partial charge in [0.05, 0.1) is 0 Å². The van der Waals surface area contributed by atoms with Crippen LogP contribution < -0.4 is 11.3 Å². The molecule has 1 unspecified atom stereocenters. The van der Waals surface area contributed by atoms with E-state index in [-0.39, 0.29) is 5.41 Å². The molecule has 1 aliphatic rings. The lowest BCUT2D eigenvalue weighted by Crippen LogP contribution is -2.52. The Hall–Kier alpha value is -0.860. The summed E-state index contributed by atoms with van der Waals surface area (Å²) in [5.41, 5.74) is 4.54. The zero-order valence-electron chi connectivity index (χ0n) is 10.9. The van der Waals surface area contributed by atoms with E-state index in [0.29, 0.717) is 6.04 Å². The molecule has 1 aliphatic carbocycles. The molecule has 0 heterocycles. The monoisotopic (exact) mass is 232 g/mol. The van der Waals surface area contributed by atoms with E-state index in [2.05, 4.69) is 49.6 Å². The maximum Gasteiger partial charge on any atom is 0.0330 e. The lowest BCUT2D eigenvalue weighted by atomic mass is 9.72. The highest BCUT2D eigenvalue weighted by Gasteiger charge is 2.37. The van der Waals surface area contributed by atoms with Gasteiger partial charge < -0.3 is 0 Å². The summed E-state index contributed by atoms with van der Waals surface area (Å²) in [5.74, 6) is 6.54. The summed E-state index contributed by atoms with van der Waals surface area (Å²) >= 11 is 0. The standard InChI is InChI=1S/C15H24N2/c1-15(2,13-10-4-3-5-11-13)14(17-16)12-8-6-7-9-12/h3-5,10-12,14,17H,6-9,16H2,1-2H3. The molecule has 2 nitrogen and oxygen atoms in total. The average Bonchev–Trinajstić information content (AvgIpc) is 2.84. The smallest absolute Gasteiger partial charge is 0.0330 e. The molecule has 2 heteroatoms. The molecule has 1 atom stereocenters. The Kier molecular flexibility index (Phi) is 3.85. The lowest BCUT2D eigenvalue weighted by Gasteiger charge is -2.38. The van der Waals surface area contributed by atoms with Gasteiger partial charge in [0.25, 0.3) is 0 Å². The number of hydrogen-bond acceptors (Lipinski definition) is 2. The minimum Gasteiger partial charge on any atom is -0.271 e. The van der Waals surface area contributed by atoms with Crippen molar-refractivity contribution in [2.45, 2.75) is 51.0 Å². The molecule has 2 rings (SSSR count). The summed E-state index contributed by atoms with van der Waals surface area (Å²) in [7, 11) is 0. The molecule has 0 spiro atoms. The number of nitrogens with one attached hydrogen (secondary N) is 1. The van der Waals surface area contributed by atoms with Crippen LogP contribution in [0.4, 0.5) is 0 Å². The van der Waals surface area contributed by atoms with Gasteiger partial charge in [-0.1, -0.05) is 57.0 Å². The van der Waals surface area contributed by atoms with Crippen molar-refractivity contribution in [3.05, 3.63) is 35.9 Å². The predicted octanol–water partition coefficient (Wildman–Crippen LogP) is 2.99. The van der Waals surface area contributed by atoms with Gasteiger partial charge in [0, 0.05) is 11.5 Å². The lowest BCUT2D eigenvalue weighted by molar-refractivity contribution is 0.248. The van der Waals surface area contributed by atoms with Gasteiger partial charge in [-0.25, -0.2) is 0 Å². The summed E-state index contributed by atoms with van der Waals surface area (Å²) in [6.07, 6.45) is 5.33. The molecule has 1 aromatic rings. The molecule has 0 amide bonds. The maximum atomic E-state index is 5.83. The van der Waals surface area contributed by atoms with Crippen LogP contribution in [-0.4, -0.2) is 6.04 Å². The Labute approximate surface area is 105 Å². The molecular formula is C15H24N2. The normalized spacial score (nSPS) is 19.5. The molecule has 0 saturated heterocycles. The predicted molar refractivity (Wildman–Crippen MR) is 72.5 cm³/mol. The second-order valence-electron chi connectivity index (χ2n) is 5.78. The van der Waals surface area contributed by atoms with Crippen LogP contribution in [0.3, 0.4) is 0 Å². The van der Waals surface area contributed by atoms with Gasteiger partial charge in [-0.05, 0) is 24.3 Å². The molecule has 94 valence electrons. The summed E-state index contributed by atoms with van der Waals surface area (Å²) in [6, 6.07) is 11.1. The summed E-state index contributed by atoms with van der Waals surface area (Å²) in [5, 5.41) is 0. The van der Waals surface area contributed by atoms with Gasteiger partial charge in [-0.15, -0.1) is 0 Å². The third-order valence-electron chi connectivity index (χ3n) is 4.35. The van der Waals surface area contributed by atoms with Crippen molar-refractivity contribution >= 4 is 0 Å². The van der Waals surface area contributed by atoms with Crippen molar-refractivity contribution in [3.8, 4) is 0 Å². The quantitative estimate of drug-likeness (QED) is 0.618. The van der Waals surface area contributed by atoms with E-state index in [4.69, 9.17) is 5.84 Å². The molecule has 0 aromatic heterocycles. The largest absolute Gasteiger partial charge is 0.271 e. The van der Waals surface area contributed by atoms with Crippen molar-refractivity contribution in [1.82, 2.24) is 5.43 Å². The van der Waals surface area contributed by atoms with Gasteiger partial charge in [-0.2, -0.15) is 0 Å². The van der Waals surface area contributed by atoms with Gasteiger partial charge >= 0.3 is 0 Å². The Morgan fingerprint density at radius 3 is 2.29 bits per heavy atom. The van der Waals surface area contributed by atoms with Crippen molar-refractivity contribution in [2.24, 2.45) is 11.8 Å². The van der Waals surface area contributed by atoms with Crippen LogP contribution in [0.15, 0.2) is 30.3 Å². The molecule has 0 bridgehead atoms. The van der Waals surface area contributed by atoms with E-state index in [9.17, 15) is 0 Å². The molecule has 17 heavy (non-hydrogen) atoms. The first-order valence-corrected chi connectivity index (χ1v) is 6.68. The van der Waals surface area contributed by atoms with Crippen LogP contribution in [-0.2, 0) is 5.41 Å². The Balaban J connectivity index is 2.22. The second-order valence-corrected chi connectivity index (χ2v) is 5.78. The number of hydrogen-bond donors (Lipinski definition) is 2. The number of rotatable bonds is 4. The van der Waals surface area contributed by atoms with Crippen LogP contribution in [0.5, 0.6) is 0 Å². The Morgan fingerprint density at radius 2 is 1.76 bits per heavy atom. The molecule has 1 saturated carbocycles. The van der Waals surface area contributed by atoms with Crippen LogP contribution in [0, 0.1) is 5.92 Å². The molecular weight excluding hydrogens is 208 g/mol. The van der Waals surface area contributed by atoms with Gasteiger partial charge in [0.1, 0.15) is 0 Å². The zero-order chi connectivity index (χ0) is 12.3.